The van der Waals surface area contributed by atoms with Crippen LogP contribution in [0.15, 0.2) is 48.5 Å². The number of nitrogens with one attached hydrogen (secondary N) is 1. The number of hydrogen-bond acceptors (Lipinski definition) is 4. The molecule has 5 nitrogen and oxygen atoms in total. The summed E-state index contributed by atoms with van der Waals surface area (Å²) in [7, 11) is 1.34. The predicted octanol–water partition coefficient (Wildman–Crippen LogP) is 3.87. The summed E-state index contributed by atoms with van der Waals surface area (Å²) >= 11 is 0. The number of benzene rings is 2. The Kier molecular flexibility index (Phi) is 7.79. The largest absolute Gasteiger partial charge is 0.465 e. The summed E-state index contributed by atoms with van der Waals surface area (Å²) < 4.78 is 10.3. The third kappa shape index (κ3) is 6.57. The number of rotatable bonds is 6. The van der Waals surface area contributed by atoms with Crippen LogP contribution in [0.4, 0.5) is 5.69 Å². The molecule has 0 aliphatic rings. The highest BCUT2D eigenvalue weighted by Crippen LogP contribution is 2.12. The van der Waals surface area contributed by atoms with Crippen molar-refractivity contribution in [2.24, 2.45) is 5.92 Å². The summed E-state index contributed by atoms with van der Waals surface area (Å²) in [6.45, 7) is 6.34. The topological polar surface area (TPSA) is 64.6 Å². The van der Waals surface area contributed by atoms with Crippen LogP contribution in [0.5, 0.6) is 0 Å². The highest BCUT2D eigenvalue weighted by Gasteiger charge is 2.14. The first-order valence-corrected chi connectivity index (χ1v) is 9.12. The van der Waals surface area contributed by atoms with Gasteiger partial charge in [-0.1, -0.05) is 37.8 Å². The molecule has 5 heteroatoms. The number of carbonyl (C=O) groups is 2. The highest BCUT2D eigenvalue weighted by molar-refractivity contribution is 5.94. The Morgan fingerprint density at radius 1 is 1.00 bits per heavy atom. The fourth-order valence-electron chi connectivity index (χ4n) is 2.32. The van der Waals surface area contributed by atoms with Gasteiger partial charge >= 0.3 is 5.97 Å². The quantitative estimate of drug-likeness (QED) is 0.611. The lowest BCUT2D eigenvalue weighted by Gasteiger charge is -2.14. The van der Waals surface area contributed by atoms with Crippen LogP contribution in [0, 0.1) is 17.8 Å². The van der Waals surface area contributed by atoms with Crippen LogP contribution >= 0.6 is 0 Å². The van der Waals surface area contributed by atoms with Gasteiger partial charge in [0, 0.05) is 23.4 Å². The van der Waals surface area contributed by atoms with Crippen LogP contribution in [0.25, 0.3) is 0 Å². The van der Waals surface area contributed by atoms with Gasteiger partial charge in [0.05, 0.1) is 12.7 Å². The number of esters is 1. The molecule has 1 amide bonds. The SMILES string of the molecule is COC(=O)c1cccc(C#Cc2cccc(NC(=O)[C@H](C)OCC(C)C)c2)c1. The summed E-state index contributed by atoms with van der Waals surface area (Å²) in [5.41, 5.74) is 2.55. The van der Waals surface area contributed by atoms with E-state index in [2.05, 4.69) is 17.2 Å². The van der Waals surface area contributed by atoms with E-state index in [9.17, 15) is 9.59 Å². The molecule has 0 fully saturated rings. The van der Waals surface area contributed by atoms with Gasteiger partial charge in [0.15, 0.2) is 0 Å². The lowest BCUT2D eigenvalue weighted by Crippen LogP contribution is -2.28. The smallest absolute Gasteiger partial charge is 0.337 e. The Hall–Kier alpha value is -3.10. The number of anilines is 1. The molecule has 1 N–H and O–H groups in total. The number of carbonyl (C=O) groups excluding carboxylic acids is 2. The fourth-order valence-corrected chi connectivity index (χ4v) is 2.32. The maximum Gasteiger partial charge on any atom is 0.337 e. The number of amides is 1. The van der Waals surface area contributed by atoms with E-state index in [0.717, 1.165) is 5.56 Å². The van der Waals surface area contributed by atoms with Crippen molar-refractivity contribution in [2.45, 2.75) is 26.9 Å². The predicted molar refractivity (Wildman–Crippen MR) is 109 cm³/mol. The molecule has 0 bridgehead atoms. The maximum atomic E-state index is 12.2. The molecule has 0 saturated heterocycles. The van der Waals surface area contributed by atoms with Gasteiger partial charge in [-0.2, -0.15) is 0 Å². The zero-order chi connectivity index (χ0) is 20.5. The van der Waals surface area contributed by atoms with Crippen molar-refractivity contribution < 1.29 is 19.1 Å². The molecule has 2 aromatic carbocycles. The van der Waals surface area contributed by atoms with Gasteiger partial charge in [0.25, 0.3) is 5.91 Å². The Balaban J connectivity index is 2.07. The molecule has 28 heavy (non-hydrogen) atoms. The normalized spacial score (nSPS) is 11.3. The van der Waals surface area contributed by atoms with Crippen molar-refractivity contribution in [1.29, 1.82) is 0 Å². The molecule has 0 saturated carbocycles. The van der Waals surface area contributed by atoms with Crippen molar-refractivity contribution in [2.75, 3.05) is 19.0 Å². The summed E-state index contributed by atoms with van der Waals surface area (Å²) in [5.74, 6) is 5.83. The van der Waals surface area contributed by atoms with Crippen LogP contribution < -0.4 is 5.32 Å². The zero-order valence-corrected chi connectivity index (χ0v) is 16.6. The molecule has 2 rings (SSSR count). The zero-order valence-electron chi connectivity index (χ0n) is 16.6. The van der Waals surface area contributed by atoms with Crippen LogP contribution in [0.1, 0.15) is 42.3 Å². The molecule has 1 atom stereocenters. The van der Waals surface area contributed by atoms with Crippen molar-refractivity contribution in [3.8, 4) is 11.8 Å². The number of methoxy groups -OCH3 is 1. The van der Waals surface area contributed by atoms with E-state index < -0.39 is 12.1 Å². The molecule has 0 aliphatic carbocycles. The van der Waals surface area contributed by atoms with Crippen molar-refractivity contribution >= 4 is 17.6 Å². The minimum atomic E-state index is -0.529. The standard InChI is InChI=1S/C23H25NO4/c1-16(2)15-28-17(3)22(25)24-21-10-6-8-19(14-21)12-11-18-7-5-9-20(13-18)23(26)27-4/h5-10,13-14,16-17H,15H2,1-4H3,(H,24,25)/t17-/m0/s1. The molecule has 0 heterocycles. The summed E-state index contributed by atoms with van der Waals surface area (Å²) in [6.07, 6.45) is -0.529. The molecule has 0 aliphatic heterocycles. The Morgan fingerprint density at radius 3 is 2.29 bits per heavy atom. The van der Waals surface area contributed by atoms with Gasteiger partial charge in [-0.3, -0.25) is 4.79 Å². The summed E-state index contributed by atoms with van der Waals surface area (Å²) in [5, 5.41) is 2.84. The highest BCUT2D eigenvalue weighted by atomic mass is 16.5. The van der Waals surface area contributed by atoms with Crippen LogP contribution in [0.2, 0.25) is 0 Å². The van der Waals surface area contributed by atoms with E-state index in [1.165, 1.54) is 7.11 Å². The maximum absolute atomic E-state index is 12.2. The third-order valence-corrected chi connectivity index (χ3v) is 3.81. The minimum absolute atomic E-state index is 0.198. The second kappa shape index (κ2) is 10.3. The number of ether oxygens (including phenoxy) is 2. The second-order valence-corrected chi connectivity index (χ2v) is 6.76. The van der Waals surface area contributed by atoms with Gasteiger partial charge in [0.1, 0.15) is 6.10 Å². The first-order valence-electron chi connectivity index (χ1n) is 9.12. The lowest BCUT2D eigenvalue weighted by atomic mass is 10.1. The Labute approximate surface area is 166 Å². The average Bonchev–Trinajstić information content (AvgIpc) is 2.70. The van der Waals surface area contributed by atoms with E-state index in [4.69, 9.17) is 9.47 Å². The van der Waals surface area contributed by atoms with E-state index in [1.54, 1.807) is 37.3 Å². The van der Waals surface area contributed by atoms with Crippen molar-refractivity contribution in [3.63, 3.8) is 0 Å². The van der Waals surface area contributed by atoms with Crippen LogP contribution in [0.3, 0.4) is 0 Å². The van der Waals surface area contributed by atoms with Crippen molar-refractivity contribution in [1.82, 2.24) is 0 Å². The molecule has 0 radical (unpaired) electrons. The summed E-state index contributed by atoms with van der Waals surface area (Å²) in [6, 6.07) is 14.2. The van der Waals surface area contributed by atoms with Crippen molar-refractivity contribution in [3.05, 3.63) is 65.2 Å². The van der Waals surface area contributed by atoms with Gasteiger partial charge in [-0.15, -0.1) is 0 Å². The second-order valence-electron chi connectivity index (χ2n) is 6.76. The monoisotopic (exact) mass is 379 g/mol. The van der Waals surface area contributed by atoms with E-state index in [-0.39, 0.29) is 5.91 Å². The fraction of sp³-hybridized carbons (Fsp3) is 0.304. The van der Waals surface area contributed by atoms with E-state index in [0.29, 0.717) is 29.3 Å². The summed E-state index contributed by atoms with van der Waals surface area (Å²) in [4.78, 5) is 23.8. The first-order chi connectivity index (χ1) is 13.4. The Bertz CT molecular complexity index is 893. The van der Waals surface area contributed by atoms with Gasteiger partial charge < -0.3 is 14.8 Å². The molecule has 0 unspecified atom stereocenters. The lowest BCUT2D eigenvalue weighted by molar-refractivity contribution is -0.126. The van der Waals surface area contributed by atoms with E-state index in [1.807, 2.05) is 32.0 Å². The third-order valence-electron chi connectivity index (χ3n) is 3.81. The van der Waals surface area contributed by atoms with Gasteiger partial charge in [-0.25, -0.2) is 4.79 Å². The van der Waals surface area contributed by atoms with E-state index >= 15 is 0 Å². The van der Waals surface area contributed by atoms with Crippen LogP contribution in [-0.4, -0.2) is 31.7 Å². The van der Waals surface area contributed by atoms with Gasteiger partial charge in [0.2, 0.25) is 0 Å². The average molecular weight is 379 g/mol. The van der Waals surface area contributed by atoms with Gasteiger partial charge in [-0.05, 0) is 49.2 Å². The Morgan fingerprint density at radius 2 is 1.64 bits per heavy atom. The first kappa shape index (κ1) is 21.2. The molecule has 0 aromatic heterocycles. The molecule has 146 valence electrons. The molecular weight excluding hydrogens is 354 g/mol. The molecule has 0 spiro atoms. The number of hydrogen-bond donors (Lipinski definition) is 1. The molecular formula is C23H25NO4. The minimum Gasteiger partial charge on any atom is -0.465 e. The van der Waals surface area contributed by atoms with Crippen LogP contribution in [-0.2, 0) is 14.3 Å². The molecule has 2 aromatic rings.